The van der Waals surface area contributed by atoms with E-state index in [1.807, 2.05) is 13.8 Å². The van der Waals surface area contributed by atoms with Gasteiger partial charge in [0.1, 0.15) is 17.3 Å². The first-order valence-corrected chi connectivity index (χ1v) is 12.6. The van der Waals surface area contributed by atoms with Gasteiger partial charge in [0.15, 0.2) is 0 Å². The van der Waals surface area contributed by atoms with E-state index >= 15 is 0 Å². The van der Waals surface area contributed by atoms with Crippen LogP contribution in [-0.4, -0.2) is 43.2 Å². The molecule has 0 bridgehead atoms. The minimum atomic E-state index is -0.514. The van der Waals surface area contributed by atoms with Crippen LogP contribution < -0.4 is 4.74 Å². The van der Waals surface area contributed by atoms with Crippen LogP contribution in [0.3, 0.4) is 0 Å². The zero-order valence-corrected chi connectivity index (χ0v) is 21.2. The summed E-state index contributed by atoms with van der Waals surface area (Å²) in [6, 6.07) is 8.38. The van der Waals surface area contributed by atoms with Crippen LogP contribution in [-0.2, 0) is 15.9 Å². The topological polar surface area (TPSA) is 52.4 Å². The normalized spacial score (nSPS) is 20.7. The molecule has 0 N–H and O–H groups in total. The van der Waals surface area contributed by atoms with Gasteiger partial charge in [0.25, 0.3) is 0 Å². The molecule has 0 saturated carbocycles. The van der Waals surface area contributed by atoms with Crippen molar-refractivity contribution in [1.82, 2.24) is 0 Å². The summed E-state index contributed by atoms with van der Waals surface area (Å²) in [6.45, 7) is 14.6. The molecule has 0 spiro atoms. The van der Waals surface area contributed by atoms with E-state index in [1.54, 1.807) is 0 Å². The van der Waals surface area contributed by atoms with E-state index in [0.717, 1.165) is 43.4 Å². The lowest BCUT2D eigenvalue weighted by Crippen LogP contribution is -2.45. The molecule has 1 aliphatic heterocycles. The molecule has 180 valence electrons. The second kappa shape index (κ2) is 13.5. The first-order chi connectivity index (χ1) is 15.4. The number of hydrogen-bond acceptors (Lipinski definition) is 5. The minimum Gasteiger partial charge on any atom is -0.494 e. The highest BCUT2D eigenvalue weighted by Gasteiger charge is 2.39. The van der Waals surface area contributed by atoms with Gasteiger partial charge in [-0.1, -0.05) is 58.6 Å². The van der Waals surface area contributed by atoms with Crippen molar-refractivity contribution in [3.05, 3.63) is 29.8 Å². The molecule has 0 amide bonds. The molecule has 0 fully saturated rings. The summed E-state index contributed by atoms with van der Waals surface area (Å²) in [7, 11) is 0. The van der Waals surface area contributed by atoms with Gasteiger partial charge in [-0.25, -0.2) is 9.98 Å². The first-order valence-electron chi connectivity index (χ1n) is 12.6. The maximum absolute atomic E-state index is 5.96. The van der Waals surface area contributed by atoms with Crippen LogP contribution in [0.2, 0.25) is 0 Å². The highest BCUT2D eigenvalue weighted by molar-refractivity contribution is 5.96. The van der Waals surface area contributed by atoms with Crippen molar-refractivity contribution < 1.29 is 14.2 Å². The lowest BCUT2D eigenvalue weighted by atomic mass is 9.90. The molecule has 0 aromatic heterocycles. The Bertz CT molecular complexity index is 727. The predicted molar refractivity (Wildman–Crippen MR) is 134 cm³/mol. The highest BCUT2D eigenvalue weighted by atomic mass is 16.5. The fourth-order valence-corrected chi connectivity index (χ4v) is 3.91. The van der Waals surface area contributed by atoms with E-state index in [1.165, 1.54) is 31.2 Å². The number of rotatable bonds is 13. The molecule has 1 aromatic carbocycles. The van der Waals surface area contributed by atoms with Crippen molar-refractivity contribution in [2.45, 2.75) is 98.1 Å². The van der Waals surface area contributed by atoms with Crippen LogP contribution in [0.1, 0.15) is 85.6 Å². The van der Waals surface area contributed by atoms with E-state index in [4.69, 9.17) is 24.2 Å². The Hall–Kier alpha value is -2.04. The fraction of sp³-hybridized carbons (Fsp3) is 0.704. The van der Waals surface area contributed by atoms with Crippen molar-refractivity contribution in [2.24, 2.45) is 15.9 Å². The molecule has 5 heteroatoms. The minimum absolute atomic E-state index is 0.0806. The molecule has 0 saturated heterocycles. The van der Waals surface area contributed by atoms with Crippen LogP contribution in [0.25, 0.3) is 0 Å². The second-order valence-corrected chi connectivity index (χ2v) is 9.12. The van der Waals surface area contributed by atoms with Crippen LogP contribution in [0, 0.1) is 5.92 Å². The molecular weight excluding hydrogens is 400 g/mol. The van der Waals surface area contributed by atoms with Crippen molar-refractivity contribution in [3.8, 4) is 5.75 Å². The van der Waals surface area contributed by atoms with Gasteiger partial charge < -0.3 is 14.2 Å². The molecule has 32 heavy (non-hydrogen) atoms. The van der Waals surface area contributed by atoms with Gasteiger partial charge in [-0.15, -0.1) is 0 Å². The van der Waals surface area contributed by atoms with Gasteiger partial charge in [-0.05, 0) is 63.6 Å². The van der Waals surface area contributed by atoms with E-state index in [2.05, 4.69) is 52.0 Å². The van der Waals surface area contributed by atoms with Gasteiger partial charge in [-0.3, -0.25) is 0 Å². The quantitative estimate of drug-likeness (QED) is 0.321. The van der Waals surface area contributed by atoms with E-state index < -0.39 is 5.54 Å². The van der Waals surface area contributed by atoms with Crippen LogP contribution in [0.4, 0.5) is 0 Å². The van der Waals surface area contributed by atoms with Gasteiger partial charge in [0, 0.05) is 0 Å². The highest BCUT2D eigenvalue weighted by Crippen LogP contribution is 2.29. The Morgan fingerprint density at radius 1 is 0.906 bits per heavy atom. The standard InChI is InChI=1S/C27H44N2O3/c1-7-10-11-12-13-20-32-23-16-14-22(15-17-23)18-19-27(6)26(31-9-3)28-24(21(4)5)25(29-27)30-8-2/h14-17,21,24H,7-13,18-20H2,1-6H3/t24-,27-/m1/s1. The molecule has 1 aromatic rings. The maximum Gasteiger partial charge on any atom is 0.212 e. The van der Waals surface area contributed by atoms with Crippen LogP contribution in [0.15, 0.2) is 34.3 Å². The van der Waals surface area contributed by atoms with Gasteiger partial charge >= 0.3 is 0 Å². The van der Waals surface area contributed by atoms with Crippen molar-refractivity contribution in [3.63, 3.8) is 0 Å². The van der Waals surface area contributed by atoms with Crippen molar-refractivity contribution in [1.29, 1.82) is 0 Å². The molecular formula is C27H44N2O3. The third-order valence-electron chi connectivity index (χ3n) is 5.87. The number of nitrogens with zero attached hydrogens (tertiary/aromatic N) is 2. The van der Waals surface area contributed by atoms with E-state index in [9.17, 15) is 0 Å². The molecule has 2 atom stereocenters. The molecule has 0 radical (unpaired) electrons. The first kappa shape index (κ1) is 26.2. The number of ether oxygens (including phenoxy) is 3. The number of hydrogen-bond donors (Lipinski definition) is 0. The Balaban J connectivity index is 1.98. The molecule has 0 unspecified atom stereocenters. The Morgan fingerprint density at radius 2 is 1.59 bits per heavy atom. The lowest BCUT2D eigenvalue weighted by molar-refractivity contribution is 0.256. The van der Waals surface area contributed by atoms with Gasteiger partial charge in [-0.2, -0.15) is 0 Å². The number of benzene rings is 1. The number of aryl methyl sites for hydroxylation is 1. The number of unbranched alkanes of at least 4 members (excludes halogenated alkanes) is 4. The summed E-state index contributed by atoms with van der Waals surface area (Å²) in [5, 5.41) is 0. The largest absolute Gasteiger partial charge is 0.494 e. The van der Waals surface area contributed by atoms with Crippen molar-refractivity contribution in [2.75, 3.05) is 19.8 Å². The molecule has 5 nitrogen and oxygen atoms in total. The van der Waals surface area contributed by atoms with Crippen LogP contribution >= 0.6 is 0 Å². The molecule has 1 heterocycles. The van der Waals surface area contributed by atoms with Crippen molar-refractivity contribution >= 4 is 11.8 Å². The Kier molecular flexibility index (Phi) is 11.1. The summed E-state index contributed by atoms with van der Waals surface area (Å²) >= 11 is 0. The van der Waals surface area contributed by atoms with Gasteiger partial charge in [0.2, 0.25) is 11.8 Å². The van der Waals surface area contributed by atoms with Gasteiger partial charge in [0.05, 0.1) is 19.8 Å². The third-order valence-corrected chi connectivity index (χ3v) is 5.87. The zero-order valence-electron chi connectivity index (χ0n) is 21.2. The summed E-state index contributed by atoms with van der Waals surface area (Å²) in [5.74, 6) is 2.71. The summed E-state index contributed by atoms with van der Waals surface area (Å²) in [4.78, 5) is 9.95. The molecule has 2 rings (SSSR count). The smallest absolute Gasteiger partial charge is 0.212 e. The van der Waals surface area contributed by atoms with E-state index in [-0.39, 0.29) is 6.04 Å². The molecule has 0 aliphatic carbocycles. The maximum atomic E-state index is 5.96. The monoisotopic (exact) mass is 444 g/mol. The Labute approximate surface area is 195 Å². The Morgan fingerprint density at radius 3 is 2.22 bits per heavy atom. The van der Waals surface area contributed by atoms with Crippen LogP contribution in [0.5, 0.6) is 5.75 Å². The summed E-state index contributed by atoms with van der Waals surface area (Å²) in [6.07, 6.45) is 7.96. The SMILES string of the molecule is CCCCCCCOc1ccc(CC[C@@]2(C)N=C(OCC)[C@@H](C(C)C)N=C2OCC)cc1. The summed E-state index contributed by atoms with van der Waals surface area (Å²) < 4.78 is 17.7. The second-order valence-electron chi connectivity index (χ2n) is 9.12. The predicted octanol–water partition coefficient (Wildman–Crippen LogP) is 6.64. The zero-order chi connectivity index (χ0) is 23.4. The third kappa shape index (κ3) is 7.83. The average molecular weight is 445 g/mol. The summed E-state index contributed by atoms with van der Waals surface area (Å²) in [5.41, 5.74) is 0.746. The van der Waals surface area contributed by atoms with E-state index in [0.29, 0.717) is 19.1 Å². The average Bonchev–Trinajstić information content (AvgIpc) is 2.77. The number of aliphatic imine (C=N–C) groups is 2. The lowest BCUT2D eigenvalue weighted by Gasteiger charge is -2.34. The fourth-order valence-electron chi connectivity index (χ4n) is 3.91. The molecule has 1 aliphatic rings.